The van der Waals surface area contributed by atoms with E-state index in [0.29, 0.717) is 17.7 Å². The Hall–Kier alpha value is -2.08. The van der Waals surface area contributed by atoms with Crippen LogP contribution in [0.2, 0.25) is 0 Å². The van der Waals surface area contributed by atoms with Gasteiger partial charge in [0.1, 0.15) is 0 Å². The van der Waals surface area contributed by atoms with Crippen molar-refractivity contribution in [3.63, 3.8) is 0 Å². The van der Waals surface area contributed by atoms with Crippen LogP contribution in [0.15, 0.2) is 29.4 Å². The van der Waals surface area contributed by atoms with Gasteiger partial charge in [-0.15, -0.1) is 0 Å². The summed E-state index contributed by atoms with van der Waals surface area (Å²) in [7, 11) is 3.97. The second-order valence-corrected chi connectivity index (χ2v) is 5.27. The molecule has 0 radical (unpaired) electrons. The first-order chi connectivity index (χ1) is 9.90. The maximum Gasteiger partial charge on any atom is 0.254 e. The number of hydrogen-bond donors (Lipinski definition) is 2. The second kappa shape index (κ2) is 7.64. The predicted octanol–water partition coefficient (Wildman–Crippen LogP) is 1.19. The molecule has 3 N–H and O–H groups in total. The van der Waals surface area contributed by atoms with Gasteiger partial charge in [0.2, 0.25) is 0 Å². The molecule has 1 amide bonds. The van der Waals surface area contributed by atoms with E-state index in [1.165, 1.54) is 0 Å². The van der Waals surface area contributed by atoms with Crippen LogP contribution in [0.3, 0.4) is 0 Å². The van der Waals surface area contributed by atoms with Crippen LogP contribution in [-0.2, 0) is 0 Å². The van der Waals surface area contributed by atoms with Gasteiger partial charge in [-0.3, -0.25) is 4.79 Å². The summed E-state index contributed by atoms with van der Waals surface area (Å²) in [6.45, 7) is 5.46. The molecule has 0 bridgehead atoms. The van der Waals surface area contributed by atoms with Gasteiger partial charge in [0, 0.05) is 30.3 Å². The van der Waals surface area contributed by atoms with Crippen molar-refractivity contribution < 1.29 is 10.0 Å². The Labute approximate surface area is 125 Å². The molecule has 0 fully saturated rings. The highest BCUT2D eigenvalue weighted by Gasteiger charge is 2.20. The fraction of sp³-hybridized carbons (Fsp3) is 0.467. The average molecular weight is 292 g/mol. The molecule has 6 nitrogen and oxygen atoms in total. The van der Waals surface area contributed by atoms with Crippen molar-refractivity contribution >= 4 is 11.7 Å². The molecule has 0 heterocycles. The lowest BCUT2D eigenvalue weighted by atomic mass is 10.1. The zero-order valence-electron chi connectivity index (χ0n) is 13.1. The minimum absolute atomic E-state index is 0.0158. The van der Waals surface area contributed by atoms with Crippen molar-refractivity contribution in [3.8, 4) is 0 Å². The van der Waals surface area contributed by atoms with E-state index in [9.17, 15) is 4.79 Å². The van der Waals surface area contributed by atoms with E-state index in [1.54, 1.807) is 24.3 Å². The van der Waals surface area contributed by atoms with Gasteiger partial charge in [0.15, 0.2) is 5.84 Å². The molecule has 0 spiro atoms. The van der Waals surface area contributed by atoms with Gasteiger partial charge in [0.25, 0.3) is 5.91 Å². The van der Waals surface area contributed by atoms with Crippen LogP contribution < -0.4 is 5.73 Å². The summed E-state index contributed by atoms with van der Waals surface area (Å²) in [6, 6.07) is 6.86. The van der Waals surface area contributed by atoms with Crippen molar-refractivity contribution in [1.82, 2.24) is 9.80 Å². The standard InChI is InChI=1S/C15H24N4O2/c1-5-19(11(2)10-18(3)4)15(20)13-8-6-12(7-9-13)14(16)17-21/h6-9,11,21H,5,10H2,1-4H3,(H2,16,17). The number of carbonyl (C=O) groups excluding carboxylic acids is 1. The summed E-state index contributed by atoms with van der Waals surface area (Å²) >= 11 is 0. The Kier molecular flexibility index (Phi) is 6.17. The van der Waals surface area contributed by atoms with E-state index >= 15 is 0 Å². The Morgan fingerprint density at radius 2 is 1.81 bits per heavy atom. The molecule has 6 heteroatoms. The topological polar surface area (TPSA) is 82.2 Å². The lowest BCUT2D eigenvalue weighted by Crippen LogP contribution is -2.43. The molecular weight excluding hydrogens is 268 g/mol. The maximum absolute atomic E-state index is 12.5. The van der Waals surface area contributed by atoms with Crippen LogP contribution in [-0.4, -0.2) is 60.0 Å². The van der Waals surface area contributed by atoms with E-state index in [4.69, 9.17) is 10.9 Å². The lowest BCUT2D eigenvalue weighted by molar-refractivity contribution is 0.0679. The number of amides is 1. The summed E-state index contributed by atoms with van der Waals surface area (Å²) in [5.74, 6) is 0.0141. The Morgan fingerprint density at radius 3 is 2.24 bits per heavy atom. The number of likely N-dealkylation sites (N-methyl/N-ethyl adjacent to an activating group) is 2. The summed E-state index contributed by atoms with van der Waals surface area (Å²) < 4.78 is 0. The van der Waals surface area contributed by atoms with E-state index in [1.807, 2.05) is 32.8 Å². The molecule has 0 saturated carbocycles. The number of benzene rings is 1. The quantitative estimate of drug-likeness (QED) is 0.357. The number of rotatable bonds is 6. The van der Waals surface area contributed by atoms with Gasteiger partial charge in [-0.05, 0) is 40.1 Å². The lowest BCUT2D eigenvalue weighted by Gasteiger charge is -2.30. The van der Waals surface area contributed by atoms with Gasteiger partial charge >= 0.3 is 0 Å². The van der Waals surface area contributed by atoms with E-state index in [-0.39, 0.29) is 17.8 Å². The van der Waals surface area contributed by atoms with Crippen molar-refractivity contribution in [1.29, 1.82) is 0 Å². The Bertz CT molecular complexity index is 497. The third-order valence-electron chi connectivity index (χ3n) is 3.30. The second-order valence-electron chi connectivity index (χ2n) is 5.27. The van der Waals surface area contributed by atoms with Crippen LogP contribution in [0.5, 0.6) is 0 Å². The molecule has 0 aliphatic carbocycles. The number of carbonyl (C=O) groups is 1. The highest BCUT2D eigenvalue weighted by Crippen LogP contribution is 2.11. The monoisotopic (exact) mass is 292 g/mol. The minimum Gasteiger partial charge on any atom is -0.409 e. The molecule has 116 valence electrons. The van der Waals surface area contributed by atoms with Gasteiger partial charge in [0.05, 0.1) is 0 Å². The van der Waals surface area contributed by atoms with Crippen molar-refractivity contribution in [2.75, 3.05) is 27.2 Å². The summed E-state index contributed by atoms with van der Waals surface area (Å²) in [5, 5.41) is 11.6. The molecule has 1 aromatic rings. The largest absolute Gasteiger partial charge is 0.409 e. The molecule has 0 aliphatic rings. The highest BCUT2D eigenvalue weighted by atomic mass is 16.4. The molecule has 1 unspecified atom stereocenters. The van der Waals surface area contributed by atoms with E-state index in [0.717, 1.165) is 6.54 Å². The fourth-order valence-electron chi connectivity index (χ4n) is 2.29. The third kappa shape index (κ3) is 4.46. The summed E-state index contributed by atoms with van der Waals surface area (Å²) in [4.78, 5) is 16.4. The van der Waals surface area contributed by atoms with Crippen LogP contribution in [0, 0.1) is 0 Å². The Balaban J connectivity index is 2.90. The van der Waals surface area contributed by atoms with Gasteiger partial charge < -0.3 is 20.7 Å². The van der Waals surface area contributed by atoms with Crippen LogP contribution >= 0.6 is 0 Å². The summed E-state index contributed by atoms with van der Waals surface area (Å²) in [5.41, 5.74) is 6.68. The summed E-state index contributed by atoms with van der Waals surface area (Å²) in [6.07, 6.45) is 0. The third-order valence-corrected chi connectivity index (χ3v) is 3.30. The van der Waals surface area contributed by atoms with Crippen molar-refractivity contribution in [3.05, 3.63) is 35.4 Å². The number of nitrogens with zero attached hydrogens (tertiary/aromatic N) is 3. The smallest absolute Gasteiger partial charge is 0.254 e. The number of nitrogens with two attached hydrogens (primary N) is 1. The van der Waals surface area contributed by atoms with Gasteiger partial charge in [-0.2, -0.15) is 0 Å². The molecule has 21 heavy (non-hydrogen) atoms. The molecule has 1 rings (SSSR count). The Morgan fingerprint density at radius 1 is 1.29 bits per heavy atom. The van der Waals surface area contributed by atoms with Crippen molar-refractivity contribution in [2.24, 2.45) is 10.9 Å². The fourth-order valence-corrected chi connectivity index (χ4v) is 2.29. The number of hydrogen-bond acceptors (Lipinski definition) is 4. The van der Waals surface area contributed by atoms with Crippen LogP contribution in [0.1, 0.15) is 29.8 Å². The molecule has 0 aromatic heterocycles. The molecule has 0 saturated heterocycles. The van der Waals surface area contributed by atoms with Gasteiger partial charge in [-0.25, -0.2) is 0 Å². The number of amidine groups is 1. The predicted molar refractivity (Wildman–Crippen MR) is 83.7 cm³/mol. The first kappa shape index (κ1) is 17.0. The normalized spacial score (nSPS) is 13.3. The first-order valence-electron chi connectivity index (χ1n) is 6.94. The zero-order chi connectivity index (χ0) is 16.0. The minimum atomic E-state index is -0.0158. The van der Waals surface area contributed by atoms with E-state index in [2.05, 4.69) is 10.1 Å². The molecule has 0 aliphatic heterocycles. The molecule has 1 aromatic carbocycles. The maximum atomic E-state index is 12.5. The van der Waals surface area contributed by atoms with Crippen molar-refractivity contribution in [2.45, 2.75) is 19.9 Å². The molecular formula is C15H24N4O2. The zero-order valence-corrected chi connectivity index (χ0v) is 13.1. The SMILES string of the molecule is CCN(C(=O)c1ccc(/C(N)=N/O)cc1)C(C)CN(C)C. The van der Waals surface area contributed by atoms with E-state index < -0.39 is 0 Å². The highest BCUT2D eigenvalue weighted by molar-refractivity contribution is 5.99. The molecule has 1 atom stereocenters. The van der Waals surface area contributed by atoms with Gasteiger partial charge in [-0.1, -0.05) is 17.3 Å². The van der Waals surface area contributed by atoms with Crippen LogP contribution in [0.25, 0.3) is 0 Å². The first-order valence-corrected chi connectivity index (χ1v) is 6.94. The average Bonchev–Trinajstić information content (AvgIpc) is 2.46. The van der Waals surface area contributed by atoms with Crippen LogP contribution in [0.4, 0.5) is 0 Å². The number of oxime groups is 1.